The van der Waals surface area contributed by atoms with Crippen LogP contribution in [0.4, 0.5) is 4.79 Å². The van der Waals surface area contributed by atoms with Gasteiger partial charge in [0.05, 0.1) is 12.1 Å². The molecule has 9 nitrogen and oxygen atoms in total. The molecule has 1 aromatic rings. The molecule has 2 atom stereocenters. The minimum atomic E-state index is -0.748. The first kappa shape index (κ1) is 23.9. The molecular formula is C21H32N2O7. The Morgan fingerprint density at radius 2 is 1.90 bits per heavy atom. The Morgan fingerprint density at radius 3 is 2.53 bits per heavy atom. The second-order valence-electron chi connectivity index (χ2n) is 8.11. The van der Waals surface area contributed by atoms with Crippen LogP contribution in [0.25, 0.3) is 0 Å². The predicted molar refractivity (Wildman–Crippen MR) is 109 cm³/mol. The van der Waals surface area contributed by atoms with Gasteiger partial charge in [-0.15, -0.1) is 0 Å². The Hall–Kier alpha value is -2.36. The number of hydrogen-bond acceptors (Lipinski definition) is 7. The van der Waals surface area contributed by atoms with E-state index in [4.69, 9.17) is 18.9 Å². The SMILES string of the molecule is COCOCOc1ccc(C(=O)N[C@@H]2CN(C(=O)OC(C)(C)C)CCC[C@H]2O)cc1. The molecule has 0 aromatic heterocycles. The highest BCUT2D eigenvalue weighted by molar-refractivity contribution is 5.94. The molecule has 0 unspecified atom stereocenters. The number of ether oxygens (including phenoxy) is 4. The monoisotopic (exact) mass is 424 g/mol. The summed E-state index contributed by atoms with van der Waals surface area (Å²) in [5.41, 5.74) is -0.195. The van der Waals surface area contributed by atoms with Gasteiger partial charge in [-0.25, -0.2) is 4.79 Å². The van der Waals surface area contributed by atoms with Crippen LogP contribution in [0.5, 0.6) is 5.75 Å². The van der Waals surface area contributed by atoms with Gasteiger partial charge in [0.2, 0.25) is 0 Å². The van der Waals surface area contributed by atoms with Crippen molar-refractivity contribution >= 4 is 12.0 Å². The summed E-state index contributed by atoms with van der Waals surface area (Å²) < 4.78 is 20.6. The summed E-state index contributed by atoms with van der Waals surface area (Å²) in [5.74, 6) is 0.209. The van der Waals surface area contributed by atoms with Crippen molar-refractivity contribution in [1.82, 2.24) is 10.2 Å². The van der Waals surface area contributed by atoms with E-state index < -0.39 is 23.8 Å². The summed E-state index contributed by atoms with van der Waals surface area (Å²) >= 11 is 0. The van der Waals surface area contributed by atoms with Crippen molar-refractivity contribution in [1.29, 1.82) is 0 Å². The summed E-state index contributed by atoms with van der Waals surface area (Å²) in [7, 11) is 1.52. The predicted octanol–water partition coefficient (Wildman–Crippen LogP) is 2.13. The van der Waals surface area contributed by atoms with Crippen LogP contribution in [0.2, 0.25) is 0 Å². The number of rotatable bonds is 7. The quantitative estimate of drug-likeness (QED) is 0.510. The second kappa shape index (κ2) is 11.1. The number of aliphatic hydroxyl groups is 1. The molecule has 2 rings (SSSR count). The van der Waals surface area contributed by atoms with Crippen LogP contribution in [-0.2, 0) is 14.2 Å². The highest BCUT2D eigenvalue weighted by Crippen LogP contribution is 2.17. The molecule has 30 heavy (non-hydrogen) atoms. The van der Waals surface area contributed by atoms with Gasteiger partial charge in [0.1, 0.15) is 18.1 Å². The van der Waals surface area contributed by atoms with E-state index in [2.05, 4.69) is 5.32 Å². The number of nitrogens with zero attached hydrogens (tertiary/aromatic N) is 1. The number of carbonyl (C=O) groups is 2. The lowest BCUT2D eigenvalue weighted by molar-refractivity contribution is -0.0835. The van der Waals surface area contributed by atoms with E-state index in [1.165, 1.54) is 12.0 Å². The van der Waals surface area contributed by atoms with Gasteiger partial charge in [0, 0.05) is 25.8 Å². The molecule has 1 saturated heterocycles. The maximum absolute atomic E-state index is 12.6. The van der Waals surface area contributed by atoms with Crippen LogP contribution >= 0.6 is 0 Å². The minimum absolute atomic E-state index is 0.0359. The van der Waals surface area contributed by atoms with Gasteiger partial charge < -0.3 is 34.3 Å². The first-order valence-electron chi connectivity index (χ1n) is 9.96. The summed E-state index contributed by atoms with van der Waals surface area (Å²) in [6.45, 7) is 6.21. The molecule has 0 radical (unpaired) electrons. The van der Waals surface area contributed by atoms with Gasteiger partial charge >= 0.3 is 6.09 Å². The van der Waals surface area contributed by atoms with Gasteiger partial charge in [0.15, 0.2) is 6.79 Å². The summed E-state index contributed by atoms with van der Waals surface area (Å²) in [6.07, 6.45) is -0.0856. The topological polar surface area (TPSA) is 107 Å². The van der Waals surface area contributed by atoms with Gasteiger partial charge in [-0.3, -0.25) is 4.79 Å². The molecule has 2 amide bonds. The lowest BCUT2D eigenvalue weighted by atomic mass is 10.1. The van der Waals surface area contributed by atoms with Crippen molar-refractivity contribution in [2.24, 2.45) is 0 Å². The van der Waals surface area contributed by atoms with Crippen LogP contribution in [0, 0.1) is 0 Å². The van der Waals surface area contributed by atoms with E-state index in [9.17, 15) is 14.7 Å². The third-order valence-electron chi connectivity index (χ3n) is 4.40. The standard InChI is InChI=1S/C21H32N2O7/c1-21(2,3)30-20(26)23-11-5-6-18(24)17(12-23)22-19(25)15-7-9-16(10-8-15)29-14-28-13-27-4/h7-10,17-18,24H,5-6,11-14H2,1-4H3,(H,22,25)/t17-,18-/m1/s1. The molecule has 0 aliphatic carbocycles. The fourth-order valence-corrected chi connectivity index (χ4v) is 2.96. The number of benzene rings is 1. The Balaban J connectivity index is 1.95. The normalized spacial score (nSPS) is 19.7. The van der Waals surface area contributed by atoms with Gasteiger partial charge in [-0.1, -0.05) is 0 Å². The number of nitrogens with one attached hydrogen (secondary N) is 1. The molecule has 0 saturated carbocycles. The van der Waals surface area contributed by atoms with E-state index in [1.807, 2.05) is 0 Å². The van der Waals surface area contributed by atoms with Crippen molar-refractivity contribution in [2.75, 3.05) is 33.8 Å². The third-order valence-corrected chi connectivity index (χ3v) is 4.40. The molecule has 0 bridgehead atoms. The summed E-state index contributed by atoms with van der Waals surface area (Å²) in [4.78, 5) is 26.6. The molecule has 2 N–H and O–H groups in total. The fourth-order valence-electron chi connectivity index (χ4n) is 2.96. The van der Waals surface area contributed by atoms with Gasteiger partial charge in [0.25, 0.3) is 5.91 Å². The second-order valence-corrected chi connectivity index (χ2v) is 8.11. The van der Waals surface area contributed by atoms with Crippen LogP contribution in [0.15, 0.2) is 24.3 Å². The molecule has 1 fully saturated rings. The number of carbonyl (C=O) groups excluding carboxylic acids is 2. The van der Waals surface area contributed by atoms with Crippen molar-refractivity contribution in [3.05, 3.63) is 29.8 Å². The van der Waals surface area contributed by atoms with Crippen LogP contribution < -0.4 is 10.1 Å². The first-order valence-corrected chi connectivity index (χ1v) is 9.96. The van der Waals surface area contributed by atoms with E-state index in [0.29, 0.717) is 30.7 Å². The third kappa shape index (κ3) is 7.81. The highest BCUT2D eigenvalue weighted by atomic mass is 16.7. The Kier molecular flexibility index (Phi) is 8.88. The maximum Gasteiger partial charge on any atom is 0.410 e. The summed E-state index contributed by atoms with van der Waals surface area (Å²) in [6, 6.07) is 5.96. The molecule has 1 aliphatic rings. The van der Waals surface area contributed by atoms with Crippen molar-refractivity contribution in [2.45, 2.75) is 51.4 Å². The van der Waals surface area contributed by atoms with Crippen LogP contribution in [-0.4, -0.2) is 73.5 Å². The molecule has 1 aromatic carbocycles. The van der Waals surface area contributed by atoms with Gasteiger partial charge in [-0.2, -0.15) is 0 Å². The van der Waals surface area contributed by atoms with E-state index in [-0.39, 0.29) is 26.0 Å². The number of hydrogen-bond donors (Lipinski definition) is 2. The Labute approximate surface area is 177 Å². The lowest BCUT2D eigenvalue weighted by Crippen LogP contribution is -2.50. The smallest absolute Gasteiger partial charge is 0.410 e. The number of amides is 2. The Morgan fingerprint density at radius 1 is 1.20 bits per heavy atom. The Bertz CT molecular complexity index is 688. The van der Waals surface area contributed by atoms with E-state index in [0.717, 1.165) is 0 Å². The lowest BCUT2D eigenvalue weighted by Gasteiger charge is -2.29. The van der Waals surface area contributed by atoms with Crippen LogP contribution in [0.3, 0.4) is 0 Å². The average molecular weight is 424 g/mol. The average Bonchev–Trinajstić information content (AvgIpc) is 2.86. The molecule has 1 heterocycles. The molecule has 9 heteroatoms. The van der Waals surface area contributed by atoms with Crippen molar-refractivity contribution < 1.29 is 33.6 Å². The molecular weight excluding hydrogens is 392 g/mol. The summed E-state index contributed by atoms with van der Waals surface area (Å²) in [5, 5.41) is 13.3. The first-order chi connectivity index (χ1) is 14.2. The number of likely N-dealkylation sites (tertiary alicyclic amines) is 1. The minimum Gasteiger partial charge on any atom is -0.467 e. The van der Waals surface area contributed by atoms with Crippen LogP contribution in [0.1, 0.15) is 44.0 Å². The van der Waals surface area contributed by atoms with E-state index >= 15 is 0 Å². The maximum atomic E-state index is 12.6. The van der Waals surface area contributed by atoms with E-state index in [1.54, 1.807) is 45.0 Å². The highest BCUT2D eigenvalue weighted by Gasteiger charge is 2.31. The van der Waals surface area contributed by atoms with Gasteiger partial charge in [-0.05, 0) is 57.9 Å². The van der Waals surface area contributed by atoms with Crippen molar-refractivity contribution in [3.63, 3.8) is 0 Å². The largest absolute Gasteiger partial charge is 0.467 e. The molecule has 1 aliphatic heterocycles. The number of methoxy groups -OCH3 is 1. The zero-order valence-electron chi connectivity index (χ0n) is 18.1. The molecule has 168 valence electrons. The number of aliphatic hydroxyl groups excluding tert-OH is 1. The zero-order valence-corrected chi connectivity index (χ0v) is 18.1. The molecule has 0 spiro atoms. The zero-order chi connectivity index (χ0) is 22.1. The van der Waals surface area contributed by atoms with Crippen molar-refractivity contribution in [3.8, 4) is 5.75 Å². The fraction of sp³-hybridized carbons (Fsp3) is 0.619.